The zero-order chi connectivity index (χ0) is 17.0. The summed E-state index contributed by atoms with van der Waals surface area (Å²) in [6, 6.07) is 8.25. The van der Waals surface area contributed by atoms with Crippen LogP contribution < -0.4 is 0 Å². The molecular formula is C17H15BrN6S. The van der Waals surface area contributed by atoms with Crippen LogP contribution in [0.5, 0.6) is 0 Å². The SMILES string of the molecule is CC1Sc2nnc(-c3n[nH]c4c3CCC4)n2N=C1c1ccc(Br)cc1. The minimum absolute atomic E-state index is 0.218. The van der Waals surface area contributed by atoms with Crippen molar-refractivity contribution in [2.45, 2.75) is 36.6 Å². The van der Waals surface area contributed by atoms with E-state index in [0.717, 1.165) is 51.7 Å². The van der Waals surface area contributed by atoms with Crippen LogP contribution in [0.1, 0.15) is 30.2 Å². The zero-order valence-electron chi connectivity index (χ0n) is 13.5. The summed E-state index contributed by atoms with van der Waals surface area (Å²) < 4.78 is 2.90. The Morgan fingerprint density at radius 3 is 2.88 bits per heavy atom. The maximum Gasteiger partial charge on any atom is 0.213 e. The van der Waals surface area contributed by atoms with Crippen LogP contribution in [0.3, 0.4) is 0 Å². The lowest BCUT2D eigenvalue weighted by Crippen LogP contribution is -2.21. The highest BCUT2D eigenvalue weighted by atomic mass is 79.9. The third kappa shape index (κ3) is 2.46. The second-order valence-corrected chi connectivity index (χ2v) is 8.48. The maximum atomic E-state index is 4.89. The van der Waals surface area contributed by atoms with Crippen molar-refractivity contribution in [2.24, 2.45) is 5.10 Å². The third-order valence-corrected chi connectivity index (χ3v) is 6.22. The van der Waals surface area contributed by atoms with Crippen molar-refractivity contribution in [3.8, 4) is 11.5 Å². The predicted molar refractivity (Wildman–Crippen MR) is 101 cm³/mol. The van der Waals surface area contributed by atoms with Crippen molar-refractivity contribution in [3.63, 3.8) is 0 Å². The van der Waals surface area contributed by atoms with Crippen molar-refractivity contribution < 1.29 is 0 Å². The van der Waals surface area contributed by atoms with Crippen molar-refractivity contribution in [1.82, 2.24) is 25.1 Å². The van der Waals surface area contributed by atoms with Gasteiger partial charge < -0.3 is 0 Å². The minimum Gasteiger partial charge on any atom is -0.282 e. The molecular weight excluding hydrogens is 400 g/mol. The fourth-order valence-electron chi connectivity index (χ4n) is 3.40. The summed E-state index contributed by atoms with van der Waals surface area (Å²) in [4.78, 5) is 0. The molecule has 0 spiro atoms. The summed E-state index contributed by atoms with van der Waals surface area (Å²) >= 11 is 5.17. The van der Waals surface area contributed by atoms with Crippen molar-refractivity contribution in [2.75, 3.05) is 0 Å². The summed E-state index contributed by atoms with van der Waals surface area (Å²) in [5.74, 6) is 0.725. The average molecular weight is 415 g/mol. The van der Waals surface area contributed by atoms with E-state index >= 15 is 0 Å². The average Bonchev–Trinajstić information content (AvgIpc) is 3.30. The van der Waals surface area contributed by atoms with Crippen molar-refractivity contribution >= 4 is 33.4 Å². The van der Waals surface area contributed by atoms with Crippen LogP contribution in [-0.2, 0) is 12.8 Å². The number of thioether (sulfide) groups is 1. The van der Waals surface area contributed by atoms with Gasteiger partial charge in [-0.1, -0.05) is 39.8 Å². The molecule has 1 N–H and O–H groups in total. The first-order chi connectivity index (χ1) is 12.2. The van der Waals surface area contributed by atoms with Gasteiger partial charge in [0.15, 0.2) is 0 Å². The maximum absolute atomic E-state index is 4.89. The molecule has 1 aromatic carbocycles. The highest BCUT2D eigenvalue weighted by molar-refractivity contribution is 9.10. The summed E-state index contributed by atoms with van der Waals surface area (Å²) in [7, 11) is 0. The number of aromatic amines is 1. The number of fused-ring (bicyclic) bond motifs is 2. The van der Waals surface area contributed by atoms with Crippen LogP contribution in [0.25, 0.3) is 11.5 Å². The number of nitrogens with one attached hydrogen (secondary N) is 1. The number of benzene rings is 1. The second kappa shape index (κ2) is 5.81. The van der Waals surface area contributed by atoms with Gasteiger partial charge in [-0.25, -0.2) is 0 Å². The first-order valence-electron chi connectivity index (χ1n) is 8.24. The standard InChI is InChI=1S/C17H15BrN6S/c1-9-14(10-5-7-11(18)8-6-10)23-24-16(21-22-17(24)25-9)15-12-3-2-4-13(12)19-20-15/h5-9H,2-4H2,1H3,(H,19,20). The van der Waals surface area contributed by atoms with E-state index in [1.165, 1.54) is 11.3 Å². The smallest absolute Gasteiger partial charge is 0.213 e. The second-order valence-electron chi connectivity index (χ2n) is 6.25. The van der Waals surface area contributed by atoms with E-state index in [1.807, 2.05) is 16.8 Å². The number of H-pyrrole nitrogens is 1. The molecule has 5 rings (SSSR count). The van der Waals surface area contributed by atoms with Crippen LogP contribution in [0.2, 0.25) is 0 Å². The lowest BCUT2D eigenvalue weighted by Gasteiger charge is -2.19. The Balaban J connectivity index is 1.63. The molecule has 2 aliphatic rings. The molecule has 8 heteroatoms. The minimum atomic E-state index is 0.218. The molecule has 0 fully saturated rings. The normalized spacial score (nSPS) is 18.8. The topological polar surface area (TPSA) is 71.8 Å². The molecule has 6 nitrogen and oxygen atoms in total. The molecule has 1 aliphatic heterocycles. The molecule has 1 aliphatic carbocycles. The predicted octanol–water partition coefficient (Wildman–Crippen LogP) is 3.67. The summed E-state index contributed by atoms with van der Waals surface area (Å²) in [6.45, 7) is 2.15. The van der Waals surface area contributed by atoms with Crippen LogP contribution in [0.4, 0.5) is 0 Å². The third-order valence-electron chi connectivity index (χ3n) is 4.65. The molecule has 25 heavy (non-hydrogen) atoms. The Hall–Kier alpha value is -1.93. The number of hydrogen-bond donors (Lipinski definition) is 1. The van der Waals surface area contributed by atoms with Gasteiger partial charge in [-0.3, -0.25) is 5.10 Å². The molecule has 0 amide bonds. The number of nitrogens with zero attached hydrogens (tertiary/aromatic N) is 5. The van der Waals surface area contributed by atoms with Crippen molar-refractivity contribution in [1.29, 1.82) is 0 Å². The molecule has 0 bridgehead atoms. The van der Waals surface area contributed by atoms with E-state index in [2.05, 4.69) is 55.4 Å². The highest BCUT2D eigenvalue weighted by Crippen LogP contribution is 2.35. The van der Waals surface area contributed by atoms with E-state index < -0.39 is 0 Å². The van der Waals surface area contributed by atoms with Gasteiger partial charge in [0, 0.05) is 15.7 Å². The van der Waals surface area contributed by atoms with Crippen molar-refractivity contribution in [3.05, 3.63) is 45.6 Å². The highest BCUT2D eigenvalue weighted by Gasteiger charge is 2.29. The number of hydrogen-bond acceptors (Lipinski definition) is 5. The fourth-order valence-corrected chi connectivity index (χ4v) is 4.59. The number of aromatic nitrogens is 5. The van der Waals surface area contributed by atoms with E-state index in [-0.39, 0.29) is 5.25 Å². The number of aryl methyl sites for hydroxylation is 1. The monoisotopic (exact) mass is 414 g/mol. The molecule has 3 aromatic rings. The van der Waals surface area contributed by atoms with Gasteiger partial charge in [-0.2, -0.15) is 14.9 Å². The number of halogens is 1. The molecule has 126 valence electrons. The summed E-state index contributed by atoms with van der Waals surface area (Å²) in [6.07, 6.45) is 3.26. The summed E-state index contributed by atoms with van der Waals surface area (Å²) in [5.41, 5.74) is 5.51. The Bertz CT molecular complexity index is 987. The molecule has 0 radical (unpaired) electrons. The molecule has 0 saturated carbocycles. The molecule has 1 unspecified atom stereocenters. The Morgan fingerprint density at radius 1 is 1.20 bits per heavy atom. The Labute approximate surface area is 157 Å². The zero-order valence-corrected chi connectivity index (χ0v) is 15.9. The van der Waals surface area contributed by atoms with E-state index in [9.17, 15) is 0 Å². The van der Waals surface area contributed by atoms with Crippen LogP contribution >= 0.6 is 27.7 Å². The fraction of sp³-hybridized carbons (Fsp3) is 0.294. The van der Waals surface area contributed by atoms with E-state index in [4.69, 9.17) is 5.10 Å². The van der Waals surface area contributed by atoms with Gasteiger partial charge in [-0.15, -0.1) is 10.2 Å². The lowest BCUT2D eigenvalue weighted by atomic mass is 10.1. The quantitative estimate of drug-likeness (QED) is 0.694. The van der Waals surface area contributed by atoms with Gasteiger partial charge >= 0.3 is 0 Å². The number of rotatable bonds is 2. The molecule has 2 aromatic heterocycles. The lowest BCUT2D eigenvalue weighted by molar-refractivity contribution is 0.750. The summed E-state index contributed by atoms with van der Waals surface area (Å²) in [5, 5.41) is 22.3. The first-order valence-corrected chi connectivity index (χ1v) is 9.91. The molecule has 1 atom stereocenters. The van der Waals surface area contributed by atoms with Gasteiger partial charge in [0.1, 0.15) is 5.69 Å². The first kappa shape index (κ1) is 15.3. The van der Waals surface area contributed by atoms with Gasteiger partial charge in [0.05, 0.1) is 11.0 Å². The van der Waals surface area contributed by atoms with Gasteiger partial charge in [0.25, 0.3) is 0 Å². The largest absolute Gasteiger partial charge is 0.282 e. The van der Waals surface area contributed by atoms with Gasteiger partial charge in [-0.05, 0) is 43.9 Å². The van der Waals surface area contributed by atoms with E-state index in [0.29, 0.717) is 0 Å². The molecule has 3 heterocycles. The van der Waals surface area contributed by atoms with E-state index in [1.54, 1.807) is 11.8 Å². The van der Waals surface area contributed by atoms with Crippen LogP contribution in [0.15, 0.2) is 39.0 Å². The van der Waals surface area contributed by atoms with Crippen LogP contribution in [-0.4, -0.2) is 36.0 Å². The Morgan fingerprint density at radius 2 is 2.04 bits per heavy atom. The van der Waals surface area contributed by atoms with Crippen LogP contribution in [0, 0.1) is 0 Å². The van der Waals surface area contributed by atoms with Gasteiger partial charge in [0.2, 0.25) is 11.0 Å². The molecule has 0 saturated heterocycles. The Kier molecular flexibility index (Phi) is 3.56.